The van der Waals surface area contributed by atoms with Crippen molar-refractivity contribution >= 4 is 17.5 Å². The molecule has 1 aromatic carbocycles. The molecule has 0 radical (unpaired) electrons. The number of carbonyl (C=O) groups excluding carboxylic acids is 1. The van der Waals surface area contributed by atoms with Gasteiger partial charge in [0.15, 0.2) is 11.5 Å². The lowest BCUT2D eigenvalue weighted by molar-refractivity contribution is 0.0732. The number of fused-ring (bicyclic) bond motifs is 1. The third kappa shape index (κ3) is 3.63. The highest BCUT2D eigenvalue weighted by Gasteiger charge is 2.32. The van der Waals surface area contributed by atoms with Crippen molar-refractivity contribution in [3.8, 4) is 11.5 Å². The molecule has 1 atom stereocenters. The van der Waals surface area contributed by atoms with E-state index in [1.54, 1.807) is 36.8 Å². The number of anilines is 2. The van der Waals surface area contributed by atoms with E-state index in [9.17, 15) is 4.79 Å². The number of amides is 1. The number of carbonyl (C=O) groups is 1. The van der Waals surface area contributed by atoms with Crippen molar-refractivity contribution < 1.29 is 14.3 Å². The molecule has 1 amide bonds. The van der Waals surface area contributed by atoms with Gasteiger partial charge in [-0.3, -0.25) is 9.78 Å². The molecule has 0 saturated carbocycles. The highest BCUT2D eigenvalue weighted by atomic mass is 16.6. The first-order chi connectivity index (χ1) is 14.8. The van der Waals surface area contributed by atoms with Crippen LogP contribution in [0.25, 0.3) is 0 Å². The fourth-order valence-corrected chi connectivity index (χ4v) is 3.86. The first-order valence-electron chi connectivity index (χ1n) is 9.98. The second-order valence-corrected chi connectivity index (χ2v) is 7.18. The number of aromatic nitrogens is 3. The summed E-state index contributed by atoms with van der Waals surface area (Å²) in [5.41, 5.74) is 1.45. The lowest BCUT2D eigenvalue weighted by Crippen LogP contribution is -2.31. The smallest absolute Gasteiger partial charge is 0.254 e. The summed E-state index contributed by atoms with van der Waals surface area (Å²) < 4.78 is 11.2. The molecule has 8 heteroatoms. The number of likely N-dealkylation sites (tertiary alicyclic amines) is 1. The van der Waals surface area contributed by atoms with Crippen LogP contribution in [0.2, 0.25) is 0 Å². The van der Waals surface area contributed by atoms with Gasteiger partial charge in [-0.15, -0.1) is 0 Å². The molecule has 2 aliphatic rings. The van der Waals surface area contributed by atoms with E-state index in [2.05, 4.69) is 15.3 Å². The number of benzene rings is 1. The Bertz CT molecular complexity index is 1060. The molecular weight excluding hydrogens is 382 g/mol. The SMILES string of the molecule is O=C(c1ccc2c(c1)OCCO2)N1CCC[C@@H]1c1cccc(Nc2cnccn2)n1. The molecule has 0 spiro atoms. The molecule has 3 aromatic rings. The van der Waals surface area contributed by atoms with Gasteiger partial charge in [0.1, 0.15) is 24.8 Å². The van der Waals surface area contributed by atoms with Crippen molar-refractivity contribution in [3.63, 3.8) is 0 Å². The minimum atomic E-state index is -0.0747. The summed E-state index contributed by atoms with van der Waals surface area (Å²) in [4.78, 5) is 28.2. The zero-order valence-electron chi connectivity index (χ0n) is 16.3. The van der Waals surface area contributed by atoms with Crippen molar-refractivity contribution in [3.05, 3.63) is 66.2 Å². The van der Waals surface area contributed by atoms with E-state index in [0.717, 1.165) is 18.5 Å². The summed E-state index contributed by atoms with van der Waals surface area (Å²) in [6.45, 7) is 1.72. The second-order valence-electron chi connectivity index (χ2n) is 7.18. The number of nitrogens with one attached hydrogen (secondary N) is 1. The zero-order valence-corrected chi connectivity index (χ0v) is 16.3. The Balaban J connectivity index is 1.37. The lowest BCUT2D eigenvalue weighted by Gasteiger charge is -2.25. The molecule has 1 N–H and O–H groups in total. The van der Waals surface area contributed by atoms with Gasteiger partial charge in [-0.25, -0.2) is 9.97 Å². The Kier molecular flexibility index (Phi) is 4.88. The number of rotatable bonds is 4. The molecule has 0 unspecified atom stereocenters. The van der Waals surface area contributed by atoms with Crippen LogP contribution in [0, 0.1) is 0 Å². The Morgan fingerprint density at radius 3 is 2.83 bits per heavy atom. The average Bonchev–Trinajstić information content (AvgIpc) is 3.29. The van der Waals surface area contributed by atoms with E-state index in [1.807, 2.05) is 23.1 Å². The molecule has 1 saturated heterocycles. The zero-order chi connectivity index (χ0) is 20.3. The van der Waals surface area contributed by atoms with Crippen LogP contribution >= 0.6 is 0 Å². The van der Waals surface area contributed by atoms with Crippen molar-refractivity contribution in [2.75, 3.05) is 25.1 Å². The largest absolute Gasteiger partial charge is 0.486 e. The Labute approximate surface area is 173 Å². The van der Waals surface area contributed by atoms with E-state index in [4.69, 9.17) is 14.5 Å². The number of nitrogens with zero attached hydrogens (tertiary/aromatic N) is 4. The number of ether oxygens (including phenoxy) is 2. The van der Waals surface area contributed by atoms with Gasteiger partial charge in [0, 0.05) is 24.5 Å². The van der Waals surface area contributed by atoms with Crippen LogP contribution in [0.4, 0.5) is 11.6 Å². The van der Waals surface area contributed by atoms with E-state index in [-0.39, 0.29) is 11.9 Å². The minimum Gasteiger partial charge on any atom is -0.486 e. The molecule has 8 nitrogen and oxygen atoms in total. The first-order valence-corrected chi connectivity index (χ1v) is 9.98. The van der Waals surface area contributed by atoms with Gasteiger partial charge in [-0.2, -0.15) is 0 Å². The van der Waals surface area contributed by atoms with Gasteiger partial charge in [0.25, 0.3) is 5.91 Å². The maximum absolute atomic E-state index is 13.3. The standard InChI is InChI=1S/C22H21N5O3/c28-22(15-6-7-18-19(13-15)30-12-11-29-18)27-10-2-4-17(27)16-3-1-5-20(25-16)26-21-14-23-8-9-24-21/h1,3,5-9,13-14,17H,2,4,10-12H2,(H,24,25,26)/t17-/m1/s1. The maximum Gasteiger partial charge on any atom is 0.254 e. The van der Waals surface area contributed by atoms with Crippen LogP contribution in [-0.2, 0) is 0 Å². The summed E-state index contributed by atoms with van der Waals surface area (Å²) in [5, 5.41) is 3.16. The minimum absolute atomic E-state index is 0.0245. The van der Waals surface area contributed by atoms with Gasteiger partial charge < -0.3 is 19.7 Å². The predicted octanol–water partition coefficient (Wildman–Crippen LogP) is 3.36. The quantitative estimate of drug-likeness (QED) is 0.714. The fraction of sp³-hybridized carbons (Fsp3) is 0.273. The predicted molar refractivity (Wildman–Crippen MR) is 110 cm³/mol. The number of pyridine rings is 1. The van der Waals surface area contributed by atoms with E-state index < -0.39 is 0 Å². The summed E-state index contributed by atoms with van der Waals surface area (Å²) in [6.07, 6.45) is 6.69. The Hall–Kier alpha value is -3.68. The topological polar surface area (TPSA) is 89.5 Å². The van der Waals surface area contributed by atoms with Crippen molar-refractivity contribution in [1.29, 1.82) is 0 Å². The highest BCUT2D eigenvalue weighted by Crippen LogP contribution is 2.35. The van der Waals surface area contributed by atoms with Crippen molar-refractivity contribution in [2.24, 2.45) is 0 Å². The third-order valence-corrected chi connectivity index (χ3v) is 5.23. The van der Waals surface area contributed by atoms with Crippen molar-refractivity contribution in [1.82, 2.24) is 19.9 Å². The molecular formula is C22H21N5O3. The fourth-order valence-electron chi connectivity index (χ4n) is 3.86. The Morgan fingerprint density at radius 1 is 1.07 bits per heavy atom. The molecule has 2 aliphatic heterocycles. The van der Waals surface area contributed by atoms with Crippen LogP contribution in [0.3, 0.4) is 0 Å². The summed E-state index contributed by atoms with van der Waals surface area (Å²) in [5.74, 6) is 2.57. The maximum atomic E-state index is 13.3. The normalized spacial score (nSPS) is 17.6. The lowest BCUT2D eigenvalue weighted by atomic mass is 10.1. The van der Waals surface area contributed by atoms with Gasteiger partial charge in [0.2, 0.25) is 0 Å². The van der Waals surface area contributed by atoms with Crippen LogP contribution in [0.1, 0.15) is 34.9 Å². The molecule has 1 fully saturated rings. The van der Waals surface area contributed by atoms with Crippen LogP contribution in [0.5, 0.6) is 11.5 Å². The van der Waals surface area contributed by atoms with Gasteiger partial charge >= 0.3 is 0 Å². The van der Waals surface area contributed by atoms with Crippen molar-refractivity contribution in [2.45, 2.75) is 18.9 Å². The number of hydrogen-bond acceptors (Lipinski definition) is 7. The molecule has 152 valence electrons. The van der Waals surface area contributed by atoms with E-state index >= 15 is 0 Å². The van der Waals surface area contributed by atoms with Crippen LogP contribution < -0.4 is 14.8 Å². The second kappa shape index (κ2) is 7.98. The molecule has 5 rings (SSSR count). The average molecular weight is 403 g/mol. The molecule has 0 aliphatic carbocycles. The van der Waals surface area contributed by atoms with E-state index in [1.165, 1.54) is 0 Å². The molecule has 0 bridgehead atoms. The Morgan fingerprint density at radius 2 is 1.97 bits per heavy atom. The number of hydrogen-bond donors (Lipinski definition) is 1. The summed E-state index contributed by atoms with van der Waals surface area (Å²) in [6, 6.07) is 11.1. The van der Waals surface area contributed by atoms with Gasteiger partial charge in [0.05, 0.1) is 17.9 Å². The van der Waals surface area contributed by atoms with Crippen LogP contribution in [-0.4, -0.2) is 45.5 Å². The van der Waals surface area contributed by atoms with E-state index in [0.29, 0.717) is 48.5 Å². The third-order valence-electron chi connectivity index (χ3n) is 5.23. The van der Waals surface area contributed by atoms with Crippen LogP contribution in [0.15, 0.2) is 55.0 Å². The van der Waals surface area contributed by atoms with Gasteiger partial charge in [-0.05, 0) is 43.2 Å². The first kappa shape index (κ1) is 18.4. The monoisotopic (exact) mass is 403 g/mol. The summed E-state index contributed by atoms with van der Waals surface area (Å²) >= 11 is 0. The molecule has 30 heavy (non-hydrogen) atoms. The van der Waals surface area contributed by atoms with Gasteiger partial charge in [-0.1, -0.05) is 6.07 Å². The molecule has 2 aromatic heterocycles. The molecule has 4 heterocycles. The summed E-state index contributed by atoms with van der Waals surface area (Å²) in [7, 11) is 0. The highest BCUT2D eigenvalue weighted by molar-refractivity contribution is 5.95.